The van der Waals surface area contributed by atoms with E-state index < -0.39 is 0 Å². The third kappa shape index (κ3) is 3.23. The van der Waals surface area contributed by atoms with Crippen LogP contribution in [0.5, 0.6) is 0 Å². The molecule has 21 heavy (non-hydrogen) atoms. The Morgan fingerprint density at radius 3 is 2.71 bits per heavy atom. The van der Waals surface area contributed by atoms with Crippen LogP contribution in [-0.2, 0) is 20.1 Å². The van der Waals surface area contributed by atoms with Gasteiger partial charge in [-0.05, 0) is 24.7 Å². The zero-order valence-corrected chi connectivity index (χ0v) is 12.4. The second-order valence-electron chi connectivity index (χ2n) is 5.33. The number of hydrogen-bond acceptors (Lipinski definition) is 3. The van der Waals surface area contributed by atoms with Crippen molar-refractivity contribution >= 4 is 0 Å². The molecule has 4 heteroatoms. The van der Waals surface area contributed by atoms with E-state index in [1.807, 2.05) is 36.1 Å². The molecule has 0 fully saturated rings. The first-order valence-electron chi connectivity index (χ1n) is 7.00. The van der Waals surface area contributed by atoms with Crippen molar-refractivity contribution in [2.24, 2.45) is 7.05 Å². The highest BCUT2D eigenvalue weighted by Gasteiger charge is 2.10. The maximum atomic E-state index is 5.53. The highest BCUT2D eigenvalue weighted by molar-refractivity contribution is 5.61. The first-order chi connectivity index (χ1) is 10.2. The molecule has 0 spiro atoms. The van der Waals surface area contributed by atoms with Gasteiger partial charge in [-0.25, -0.2) is 0 Å². The van der Waals surface area contributed by atoms with Crippen molar-refractivity contribution in [3.05, 3.63) is 66.2 Å². The van der Waals surface area contributed by atoms with E-state index in [0.717, 1.165) is 24.4 Å². The maximum Gasteiger partial charge on any atom is 0.134 e. The van der Waals surface area contributed by atoms with Crippen molar-refractivity contribution in [1.82, 2.24) is 14.7 Å². The molecule has 1 aromatic carbocycles. The lowest BCUT2D eigenvalue weighted by atomic mass is 10.0. The van der Waals surface area contributed by atoms with Gasteiger partial charge >= 0.3 is 0 Å². The molecule has 2 aromatic heterocycles. The fourth-order valence-corrected chi connectivity index (χ4v) is 2.54. The van der Waals surface area contributed by atoms with Gasteiger partial charge in [-0.3, -0.25) is 9.58 Å². The van der Waals surface area contributed by atoms with Crippen molar-refractivity contribution in [1.29, 1.82) is 0 Å². The molecule has 0 bridgehead atoms. The van der Waals surface area contributed by atoms with Crippen LogP contribution in [0.2, 0.25) is 0 Å². The molecule has 3 rings (SSSR count). The fourth-order valence-electron chi connectivity index (χ4n) is 2.54. The van der Waals surface area contributed by atoms with Gasteiger partial charge in [-0.15, -0.1) is 0 Å². The minimum absolute atomic E-state index is 0.867. The molecular formula is C17H19N3O. The molecule has 0 N–H and O–H groups in total. The molecule has 0 atom stereocenters. The lowest BCUT2D eigenvalue weighted by molar-refractivity contribution is 0.319. The predicted octanol–water partition coefficient (Wildman–Crippen LogP) is 3.31. The van der Waals surface area contributed by atoms with Gasteiger partial charge in [0.25, 0.3) is 0 Å². The SMILES string of the molecule is CN(Cc1cnn(C)c1)Cc1ccccc1-c1ccco1. The van der Waals surface area contributed by atoms with Crippen LogP contribution in [0.4, 0.5) is 0 Å². The summed E-state index contributed by atoms with van der Waals surface area (Å²) < 4.78 is 7.36. The number of aryl methyl sites for hydroxylation is 1. The van der Waals surface area contributed by atoms with Gasteiger partial charge in [0.05, 0.1) is 12.5 Å². The smallest absolute Gasteiger partial charge is 0.134 e. The van der Waals surface area contributed by atoms with E-state index in [4.69, 9.17) is 4.42 Å². The average Bonchev–Trinajstić information content (AvgIpc) is 3.11. The summed E-state index contributed by atoms with van der Waals surface area (Å²) in [5.74, 6) is 0.917. The Morgan fingerprint density at radius 1 is 1.14 bits per heavy atom. The number of benzene rings is 1. The maximum absolute atomic E-state index is 5.53. The molecule has 0 saturated carbocycles. The van der Waals surface area contributed by atoms with Crippen LogP contribution in [-0.4, -0.2) is 21.7 Å². The van der Waals surface area contributed by atoms with Gasteiger partial charge in [0, 0.05) is 37.5 Å². The van der Waals surface area contributed by atoms with Crippen LogP contribution in [0.15, 0.2) is 59.5 Å². The molecule has 0 radical (unpaired) electrons. The van der Waals surface area contributed by atoms with E-state index in [0.29, 0.717) is 0 Å². The number of furan rings is 1. The Kier molecular flexibility index (Phi) is 3.88. The number of aromatic nitrogens is 2. The third-order valence-corrected chi connectivity index (χ3v) is 3.46. The number of hydrogen-bond donors (Lipinski definition) is 0. The highest BCUT2D eigenvalue weighted by atomic mass is 16.3. The minimum atomic E-state index is 0.867. The molecule has 0 unspecified atom stereocenters. The van der Waals surface area contributed by atoms with E-state index >= 15 is 0 Å². The summed E-state index contributed by atoms with van der Waals surface area (Å²) in [6.07, 6.45) is 5.68. The van der Waals surface area contributed by atoms with Crippen LogP contribution in [0.25, 0.3) is 11.3 Å². The lowest BCUT2D eigenvalue weighted by Crippen LogP contribution is -2.17. The second-order valence-corrected chi connectivity index (χ2v) is 5.33. The number of rotatable bonds is 5. The molecule has 0 aliphatic carbocycles. The van der Waals surface area contributed by atoms with Crippen LogP contribution in [0, 0.1) is 0 Å². The van der Waals surface area contributed by atoms with Gasteiger partial charge in [0.2, 0.25) is 0 Å². The van der Waals surface area contributed by atoms with Crippen molar-refractivity contribution in [2.45, 2.75) is 13.1 Å². The highest BCUT2D eigenvalue weighted by Crippen LogP contribution is 2.25. The molecule has 2 heterocycles. The Hall–Kier alpha value is -2.33. The standard InChI is InChI=1S/C17H19N3O/c1-19(11-14-10-18-20(2)12-14)13-15-6-3-4-7-16(15)17-8-5-9-21-17/h3-10,12H,11,13H2,1-2H3. The summed E-state index contributed by atoms with van der Waals surface area (Å²) in [6, 6.07) is 12.3. The van der Waals surface area contributed by atoms with Gasteiger partial charge < -0.3 is 4.42 Å². The largest absolute Gasteiger partial charge is 0.464 e. The van der Waals surface area contributed by atoms with E-state index in [-0.39, 0.29) is 0 Å². The summed E-state index contributed by atoms with van der Waals surface area (Å²) in [7, 11) is 4.06. The molecule has 0 saturated heterocycles. The lowest BCUT2D eigenvalue weighted by Gasteiger charge is -2.17. The predicted molar refractivity (Wildman–Crippen MR) is 82.5 cm³/mol. The van der Waals surface area contributed by atoms with E-state index in [1.165, 1.54) is 11.1 Å². The van der Waals surface area contributed by atoms with Crippen LogP contribution in [0.3, 0.4) is 0 Å². The van der Waals surface area contributed by atoms with Crippen molar-refractivity contribution < 1.29 is 4.42 Å². The van der Waals surface area contributed by atoms with E-state index in [1.54, 1.807) is 6.26 Å². The monoisotopic (exact) mass is 281 g/mol. The summed E-state index contributed by atoms with van der Waals surface area (Å²) in [6.45, 7) is 1.74. The Morgan fingerprint density at radius 2 is 2.00 bits per heavy atom. The third-order valence-electron chi connectivity index (χ3n) is 3.46. The quantitative estimate of drug-likeness (QED) is 0.719. The second kappa shape index (κ2) is 5.97. The number of nitrogens with zero attached hydrogens (tertiary/aromatic N) is 3. The Labute approximate surface area is 124 Å². The van der Waals surface area contributed by atoms with E-state index in [2.05, 4.69) is 41.4 Å². The molecule has 108 valence electrons. The Bertz CT molecular complexity index is 700. The molecule has 0 aliphatic heterocycles. The molecule has 0 aliphatic rings. The molecule has 0 amide bonds. The fraction of sp³-hybridized carbons (Fsp3) is 0.235. The summed E-state index contributed by atoms with van der Waals surface area (Å²) in [4.78, 5) is 2.28. The van der Waals surface area contributed by atoms with Crippen LogP contribution in [0.1, 0.15) is 11.1 Å². The average molecular weight is 281 g/mol. The summed E-state index contributed by atoms with van der Waals surface area (Å²) >= 11 is 0. The van der Waals surface area contributed by atoms with Crippen molar-refractivity contribution in [2.75, 3.05) is 7.05 Å². The molecule has 3 aromatic rings. The minimum Gasteiger partial charge on any atom is -0.464 e. The summed E-state index contributed by atoms with van der Waals surface area (Å²) in [5.41, 5.74) is 3.63. The van der Waals surface area contributed by atoms with E-state index in [9.17, 15) is 0 Å². The van der Waals surface area contributed by atoms with Crippen molar-refractivity contribution in [3.63, 3.8) is 0 Å². The summed E-state index contributed by atoms with van der Waals surface area (Å²) in [5, 5.41) is 4.21. The molecular weight excluding hydrogens is 262 g/mol. The Balaban J connectivity index is 1.75. The van der Waals surface area contributed by atoms with Crippen molar-refractivity contribution in [3.8, 4) is 11.3 Å². The van der Waals surface area contributed by atoms with Crippen LogP contribution < -0.4 is 0 Å². The zero-order valence-electron chi connectivity index (χ0n) is 12.4. The first-order valence-corrected chi connectivity index (χ1v) is 7.00. The topological polar surface area (TPSA) is 34.2 Å². The van der Waals surface area contributed by atoms with Gasteiger partial charge in [-0.1, -0.05) is 24.3 Å². The van der Waals surface area contributed by atoms with Crippen LogP contribution >= 0.6 is 0 Å². The normalized spacial score (nSPS) is 11.2. The van der Waals surface area contributed by atoms with Gasteiger partial charge in [0.15, 0.2) is 0 Å². The van der Waals surface area contributed by atoms with Gasteiger partial charge in [-0.2, -0.15) is 5.10 Å². The molecule has 4 nitrogen and oxygen atoms in total. The zero-order chi connectivity index (χ0) is 14.7. The first kappa shape index (κ1) is 13.6. The van der Waals surface area contributed by atoms with Gasteiger partial charge in [0.1, 0.15) is 5.76 Å².